The van der Waals surface area contributed by atoms with Crippen molar-refractivity contribution in [2.45, 2.75) is 19.6 Å². The lowest BCUT2D eigenvalue weighted by Gasteiger charge is -1.84. The summed E-state index contributed by atoms with van der Waals surface area (Å²) in [6, 6.07) is 0. The number of hydrogen-bond acceptors (Lipinski definition) is 1. The van der Waals surface area contributed by atoms with E-state index in [0.717, 1.165) is 5.75 Å². The Morgan fingerprint density at radius 2 is 2.33 bits per heavy atom. The van der Waals surface area contributed by atoms with Crippen molar-refractivity contribution < 1.29 is 0 Å². The molecule has 0 atom stereocenters. The summed E-state index contributed by atoms with van der Waals surface area (Å²) in [7, 11) is 1.31. The van der Waals surface area contributed by atoms with Gasteiger partial charge < -0.3 is 0 Å². The van der Waals surface area contributed by atoms with Crippen LogP contribution in [0.25, 0.3) is 0 Å². The van der Waals surface area contributed by atoms with E-state index in [9.17, 15) is 0 Å². The Kier molecular flexibility index (Phi) is 5.79. The molecule has 0 heterocycles. The molecule has 0 amide bonds. The van der Waals surface area contributed by atoms with E-state index in [1.165, 1.54) is 20.0 Å². The first kappa shape index (κ1) is 6.41. The van der Waals surface area contributed by atoms with Crippen LogP contribution in [0.15, 0.2) is 0 Å². The van der Waals surface area contributed by atoms with Crippen molar-refractivity contribution in [1.29, 1.82) is 0 Å². The largest absolute Gasteiger partial charge is 0.179 e. The Balaban J connectivity index is 2.34. The predicted octanol–water partition coefficient (Wildman–Crippen LogP) is 1.21. The van der Waals surface area contributed by atoms with Crippen LogP contribution in [0, 0.1) is 0 Å². The quantitative estimate of drug-likeness (QED) is 0.309. The van der Waals surface area contributed by atoms with Crippen LogP contribution in [-0.4, -0.2) is 13.0 Å². The van der Waals surface area contributed by atoms with Gasteiger partial charge in [-0.25, -0.2) is 0 Å². The van der Waals surface area contributed by atoms with Gasteiger partial charge in [0.15, 0.2) is 0 Å². The van der Waals surface area contributed by atoms with E-state index in [0.29, 0.717) is 0 Å². The van der Waals surface area contributed by atoms with E-state index >= 15 is 0 Å². The van der Waals surface area contributed by atoms with Crippen LogP contribution >= 0.6 is 12.6 Å². The second-order valence-corrected chi connectivity index (χ2v) is 1.88. The van der Waals surface area contributed by atoms with Gasteiger partial charge in [0.2, 0.25) is 0 Å². The van der Waals surface area contributed by atoms with Gasteiger partial charge in [-0.1, -0.05) is 19.6 Å². The van der Waals surface area contributed by atoms with Gasteiger partial charge in [0.05, 0.1) is 0 Å². The Labute approximate surface area is 46.0 Å². The zero-order valence-corrected chi connectivity index (χ0v) is 5.17. The van der Waals surface area contributed by atoms with Crippen LogP contribution in [0.3, 0.4) is 0 Å². The van der Waals surface area contributed by atoms with Gasteiger partial charge in [-0.2, -0.15) is 12.6 Å². The summed E-state index contributed by atoms with van der Waals surface area (Å²) in [6.07, 6.45) is 2.61. The molecule has 0 aliphatic carbocycles. The normalized spacial score (nSPS) is 8.33. The van der Waals surface area contributed by atoms with Crippen molar-refractivity contribution in [2.24, 2.45) is 0 Å². The molecule has 0 aromatic rings. The molecular weight excluding hydrogens is 90.9 g/mol. The molecule has 0 aromatic heterocycles. The van der Waals surface area contributed by atoms with Crippen LogP contribution in [-0.2, 0) is 0 Å². The molecule has 0 aromatic carbocycles. The molecule has 6 heavy (non-hydrogen) atoms. The van der Waals surface area contributed by atoms with Crippen molar-refractivity contribution in [3.05, 3.63) is 0 Å². The molecule has 0 unspecified atom stereocenters. The second kappa shape index (κ2) is 5.41. The lowest BCUT2D eigenvalue weighted by Crippen LogP contribution is -1.79. The molecule has 0 radical (unpaired) electrons. The van der Waals surface area contributed by atoms with Crippen molar-refractivity contribution in [2.75, 3.05) is 5.75 Å². The molecule has 0 rings (SSSR count). The predicted molar refractivity (Wildman–Crippen MR) is 36.3 cm³/mol. The maximum atomic E-state index is 4.05. The summed E-state index contributed by atoms with van der Waals surface area (Å²) < 4.78 is 0. The van der Waals surface area contributed by atoms with Gasteiger partial charge in [0.1, 0.15) is 7.28 Å². The molecule has 0 aliphatic rings. The highest BCUT2D eigenvalue weighted by Gasteiger charge is 1.78. The number of thiol groups is 1. The maximum Gasteiger partial charge on any atom is 0.117 e. The van der Waals surface area contributed by atoms with Gasteiger partial charge in [-0.3, -0.25) is 0 Å². The SMILES string of the molecule is CBCCCS. The highest BCUT2D eigenvalue weighted by molar-refractivity contribution is 7.80. The second-order valence-electron chi connectivity index (χ2n) is 1.43. The summed E-state index contributed by atoms with van der Waals surface area (Å²) in [5, 5.41) is 0. The molecule has 0 fully saturated rings. The standard InChI is InChI=1S/C4H11BS/c1-5-3-2-4-6/h5-6H,2-4H2,1H3. The van der Waals surface area contributed by atoms with Gasteiger partial charge in [-0.05, 0) is 5.75 Å². The molecule has 0 bridgehead atoms. The van der Waals surface area contributed by atoms with Crippen molar-refractivity contribution in [3.63, 3.8) is 0 Å². The molecule has 0 N–H and O–H groups in total. The smallest absolute Gasteiger partial charge is 0.117 e. The van der Waals surface area contributed by atoms with Crippen molar-refractivity contribution in [3.8, 4) is 0 Å². The van der Waals surface area contributed by atoms with E-state index in [1.54, 1.807) is 0 Å². The van der Waals surface area contributed by atoms with Gasteiger partial charge in [0, 0.05) is 0 Å². The fourth-order valence-electron chi connectivity index (χ4n) is 0.362. The number of hydrogen-bond donors (Lipinski definition) is 1. The zero-order chi connectivity index (χ0) is 4.83. The average molecular weight is 102 g/mol. The van der Waals surface area contributed by atoms with Crippen LogP contribution in [0.1, 0.15) is 6.42 Å². The third kappa shape index (κ3) is 4.41. The molecule has 0 saturated heterocycles. The molecule has 0 saturated carbocycles. The lowest BCUT2D eigenvalue weighted by atomic mass is 9.77. The first-order valence-corrected chi connectivity index (χ1v) is 3.16. The Hall–Kier alpha value is 0.415. The minimum Gasteiger partial charge on any atom is -0.179 e. The molecule has 0 aliphatic heterocycles. The molecular formula is C4H11BS. The first-order valence-electron chi connectivity index (χ1n) is 2.52. The summed E-state index contributed by atoms with van der Waals surface area (Å²) in [6.45, 7) is 2.20. The average Bonchev–Trinajstić information content (AvgIpc) is 1.61. The fraction of sp³-hybridized carbons (Fsp3) is 1.00. The van der Waals surface area contributed by atoms with Crippen LogP contribution in [0.4, 0.5) is 0 Å². The number of rotatable bonds is 3. The van der Waals surface area contributed by atoms with E-state index in [4.69, 9.17) is 0 Å². The molecule has 36 valence electrons. The van der Waals surface area contributed by atoms with Crippen molar-refractivity contribution in [1.82, 2.24) is 0 Å². The van der Waals surface area contributed by atoms with E-state index in [-0.39, 0.29) is 0 Å². The van der Waals surface area contributed by atoms with E-state index in [1.807, 2.05) is 0 Å². The molecule has 0 spiro atoms. The maximum absolute atomic E-state index is 4.05. The topological polar surface area (TPSA) is 0 Å². The fourth-order valence-corrected chi connectivity index (χ4v) is 0.585. The summed E-state index contributed by atoms with van der Waals surface area (Å²) >= 11 is 4.05. The Morgan fingerprint density at radius 1 is 1.67 bits per heavy atom. The summed E-state index contributed by atoms with van der Waals surface area (Å²) in [4.78, 5) is 0. The summed E-state index contributed by atoms with van der Waals surface area (Å²) in [5.41, 5.74) is 0. The Bertz CT molecular complexity index is 19.5. The minimum atomic E-state index is 1.05. The summed E-state index contributed by atoms with van der Waals surface area (Å²) in [5.74, 6) is 1.05. The van der Waals surface area contributed by atoms with E-state index in [2.05, 4.69) is 19.5 Å². The van der Waals surface area contributed by atoms with Crippen LogP contribution in [0.5, 0.6) is 0 Å². The van der Waals surface area contributed by atoms with E-state index < -0.39 is 0 Å². The van der Waals surface area contributed by atoms with Gasteiger partial charge in [0.25, 0.3) is 0 Å². The highest BCUT2D eigenvalue weighted by atomic mass is 32.1. The Morgan fingerprint density at radius 3 is 2.50 bits per heavy atom. The monoisotopic (exact) mass is 102 g/mol. The van der Waals surface area contributed by atoms with Gasteiger partial charge in [-0.15, -0.1) is 0 Å². The molecule has 2 heteroatoms. The third-order valence-electron chi connectivity index (χ3n) is 0.762. The third-order valence-corrected chi connectivity index (χ3v) is 1.08. The van der Waals surface area contributed by atoms with Gasteiger partial charge >= 0.3 is 0 Å². The minimum absolute atomic E-state index is 1.05. The lowest BCUT2D eigenvalue weighted by molar-refractivity contribution is 1.10. The highest BCUT2D eigenvalue weighted by Crippen LogP contribution is 1.88. The van der Waals surface area contributed by atoms with Crippen molar-refractivity contribution >= 4 is 19.9 Å². The van der Waals surface area contributed by atoms with Crippen LogP contribution < -0.4 is 0 Å². The first-order chi connectivity index (χ1) is 2.91. The molecule has 0 nitrogen and oxygen atoms in total. The van der Waals surface area contributed by atoms with Crippen LogP contribution in [0.2, 0.25) is 13.1 Å². The zero-order valence-electron chi connectivity index (χ0n) is 4.28.